The minimum absolute atomic E-state index is 0.0334. The summed E-state index contributed by atoms with van der Waals surface area (Å²) in [7, 11) is 0. The van der Waals surface area contributed by atoms with Gasteiger partial charge in [0.05, 0.1) is 12.7 Å². The molecule has 0 aliphatic carbocycles. The number of aliphatic hydroxyl groups excluding tert-OH is 1. The summed E-state index contributed by atoms with van der Waals surface area (Å²) in [5, 5.41) is 8.65. The first-order chi connectivity index (χ1) is 5.27. The molecule has 0 aromatic rings. The van der Waals surface area contributed by atoms with E-state index in [0.29, 0.717) is 12.8 Å². The van der Waals surface area contributed by atoms with Gasteiger partial charge in [0, 0.05) is 0 Å². The van der Waals surface area contributed by atoms with E-state index < -0.39 is 6.10 Å². The van der Waals surface area contributed by atoms with Crippen molar-refractivity contribution in [3.05, 3.63) is 0 Å². The molecule has 1 amide bonds. The Kier molecular flexibility index (Phi) is 2.81. The van der Waals surface area contributed by atoms with E-state index in [4.69, 9.17) is 15.7 Å². The molecule has 5 nitrogen and oxygen atoms in total. The number of aliphatic hydroxyl groups is 1. The number of hydrogen-bond acceptors (Lipinski definition) is 4. The number of hydrazine groups is 1. The molecule has 4 N–H and O–H groups in total. The average molecular weight is 160 g/mol. The summed E-state index contributed by atoms with van der Waals surface area (Å²) in [4.78, 5) is 10.8. The Morgan fingerprint density at radius 2 is 2.45 bits per heavy atom. The smallest absolute Gasteiger partial charge is 0.263 e. The maximum atomic E-state index is 10.8. The van der Waals surface area contributed by atoms with Crippen molar-refractivity contribution < 1.29 is 14.6 Å². The summed E-state index contributed by atoms with van der Waals surface area (Å²) in [6.45, 7) is -0.0334. The van der Waals surface area contributed by atoms with Gasteiger partial charge >= 0.3 is 0 Å². The van der Waals surface area contributed by atoms with Crippen LogP contribution in [0.5, 0.6) is 0 Å². The third-order valence-corrected chi connectivity index (χ3v) is 1.75. The zero-order valence-electron chi connectivity index (χ0n) is 6.12. The number of hydrogen-bond donors (Lipinski definition) is 3. The lowest BCUT2D eigenvalue weighted by atomic mass is 10.2. The normalized spacial score (nSPS) is 30.4. The molecule has 0 spiro atoms. The molecule has 2 atom stereocenters. The van der Waals surface area contributed by atoms with Crippen molar-refractivity contribution in [2.75, 3.05) is 6.61 Å². The van der Waals surface area contributed by atoms with Gasteiger partial charge in [0.15, 0.2) is 0 Å². The van der Waals surface area contributed by atoms with Gasteiger partial charge in [-0.25, -0.2) is 5.84 Å². The lowest BCUT2D eigenvalue weighted by molar-refractivity contribution is -0.132. The summed E-state index contributed by atoms with van der Waals surface area (Å²) >= 11 is 0. The monoisotopic (exact) mass is 160 g/mol. The predicted octanol–water partition coefficient (Wildman–Crippen LogP) is -1.48. The Morgan fingerprint density at radius 1 is 1.73 bits per heavy atom. The van der Waals surface area contributed by atoms with Crippen molar-refractivity contribution in [1.29, 1.82) is 0 Å². The van der Waals surface area contributed by atoms with Crippen LogP contribution in [0, 0.1) is 0 Å². The molecule has 1 aliphatic heterocycles. The molecule has 1 aliphatic rings. The number of nitrogens with one attached hydrogen (secondary N) is 1. The molecule has 0 radical (unpaired) electrons. The molecule has 1 saturated heterocycles. The van der Waals surface area contributed by atoms with Gasteiger partial charge in [-0.1, -0.05) is 0 Å². The summed E-state index contributed by atoms with van der Waals surface area (Å²) in [5.74, 6) is 4.58. The van der Waals surface area contributed by atoms with Crippen molar-refractivity contribution in [3.63, 3.8) is 0 Å². The second-order valence-corrected chi connectivity index (χ2v) is 2.52. The molecule has 2 unspecified atom stereocenters. The minimum atomic E-state index is -0.475. The molecule has 0 saturated carbocycles. The van der Waals surface area contributed by atoms with Crippen LogP contribution in [0.25, 0.3) is 0 Å². The molecule has 0 aromatic carbocycles. The Bertz CT molecular complexity index is 151. The van der Waals surface area contributed by atoms with E-state index in [1.165, 1.54) is 0 Å². The molecule has 1 rings (SSSR count). The van der Waals surface area contributed by atoms with Crippen molar-refractivity contribution in [2.24, 2.45) is 5.84 Å². The standard InChI is InChI=1S/C6H12N2O3/c7-8-6(10)5-2-1-4(3-9)11-5/h4-5,9H,1-3,7H2,(H,8,10). The van der Waals surface area contributed by atoms with E-state index in [9.17, 15) is 4.79 Å². The molecule has 11 heavy (non-hydrogen) atoms. The number of carbonyl (C=O) groups excluding carboxylic acids is 1. The highest BCUT2D eigenvalue weighted by Gasteiger charge is 2.29. The number of rotatable bonds is 2. The first-order valence-corrected chi connectivity index (χ1v) is 3.54. The third kappa shape index (κ3) is 1.89. The van der Waals surface area contributed by atoms with Crippen molar-refractivity contribution in [3.8, 4) is 0 Å². The Hall–Kier alpha value is -0.650. The first-order valence-electron chi connectivity index (χ1n) is 3.54. The van der Waals surface area contributed by atoms with Crippen LogP contribution in [0.4, 0.5) is 0 Å². The van der Waals surface area contributed by atoms with E-state index in [1.54, 1.807) is 0 Å². The molecule has 1 fully saturated rings. The van der Waals surface area contributed by atoms with Gasteiger partial charge in [0.1, 0.15) is 6.10 Å². The molecular weight excluding hydrogens is 148 g/mol. The third-order valence-electron chi connectivity index (χ3n) is 1.75. The predicted molar refractivity (Wildman–Crippen MR) is 37.3 cm³/mol. The summed E-state index contributed by atoms with van der Waals surface area (Å²) in [5.41, 5.74) is 2.01. The zero-order chi connectivity index (χ0) is 8.27. The van der Waals surface area contributed by atoms with E-state index in [0.717, 1.165) is 0 Å². The number of nitrogens with two attached hydrogens (primary N) is 1. The fourth-order valence-electron chi connectivity index (χ4n) is 1.13. The maximum Gasteiger partial charge on any atom is 0.263 e. The van der Waals surface area contributed by atoms with Crippen LogP contribution >= 0.6 is 0 Å². The van der Waals surface area contributed by atoms with Crippen molar-refractivity contribution >= 4 is 5.91 Å². The average Bonchev–Trinajstić information content (AvgIpc) is 2.50. The fourth-order valence-corrected chi connectivity index (χ4v) is 1.13. The van der Waals surface area contributed by atoms with Gasteiger partial charge in [-0.3, -0.25) is 10.2 Å². The highest BCUT2D eigenvalue weighted by molar-refractivity contribution is 5.80. The van der Waals surface area contributed by atoms with Gasteiger partial charge in [-0.2, -0.15) is 0 Å². The SMILES string of the molecule is NNC(=O)C1CCC(CO)O1. The van der Waals surface area contributed by atoms with Crippen LogP contribution in [0.15, 0.2) is 0 Å². The first kappa shape index (κ1) is 8.45. The minimum Gasteiger partial charge on any atom is -0.394 e. The molecule has 64 valence electrons. The Labute approximate surface area is 64.5 Å². The van der Waals surface area contributed by atoms with Crippen LogP contribution in [-0.2, 0) is 9.53 Å². The lowest BCUT2D eigenvalue weighted by Gasteiger charge is -2.09. The van der Waals surface area contributed by atoms with Gasteiger partial charge in [-0.15, -0.1) is 0 Å². The van der Waals surface area contributed by atoms with Gasteiger partial charge < -0.3 is 9.84 Å². The highest BCUT2D eigenvalue weighted by Crippen LogP contribution is 2.18. The second kappa shape index (κ2) is 3.66. The Morgan fingerprint density at radius 3 is 2.91 bits per heavy atom. The topological polar surface area (TPSA) is 84.6 Å². The van der Waals surface area contributed by atoms with Crippen molar-refractivity contribution in [1.82, 2.24) is 5.43 Å². The summed E-state index contributed by atoms with van der Waals surface area (Å²) < 4.78 is 5.12. The van der Waals surface area contributed by atoms with Gasteiger partial charge in [0.2, 0.25) is 0 Å². The van der Waals surface area contributed by atoms with E-state index in [1.807, 2.05) is 5.43 Å². The number of ether oxygens (including phenoxy) is 1. The van der Waals surface area contributed by atoms with Crippen LogP contribution < -0.4 is 11.3 Å². The number of amides is 1. The highest BCUT2D eigenvalue weighted by atomic mass is 16.5. The van der Waals surface area contributed by atoms with Crippen LogP contribution in [0.2, 0.25) is 0 Å². The maximum absolute atomic E-state index is 10.8. The molecule has 5 heteroatoms. The lowest BCUT2D eigenvalue weighted by Crippen LogP contribution is -2.39. The van der Waals surface area contributed by atoms with E-state index in [2.05, 4.69) is 0 Å². The summed E-state index contributed by atoms with van der Waals surface area (Å²) in [6.07, 6.45) is 0.678. The zero-order valence-corrected chi connectivity index (χ0v) is 6.12. The Balaban J connectivity index is 2.35. The fraction of sp³-hybridized carbons (Fsp3) is 0.833. The summed E-state index contributed by atoms with van der Waals surface area (Å²) in [6, 6.07) is 0. The quantitative estimate of drug-likeness (QED) is 0.261. The molecular formula is C6H12N2O3. The molecule has 0 aromatic heterocycles. The van der Waals surface area contributed by atoms with Crippen LogP contribution in [0.1, 0.15) is 12.8 Å². The van der Waals surface area contributed by atoms with Crippen LogP contribution in [-0.4, -0.2) is 29.8 Å². The van der Waals surface area contributed by atoms with E-state index in [-0.39, 0.29) is 18.6 Å². The van der Waals surface area contributed by atoms with Crippen LogP contribution in [0.3, 0.4) is 0 Å². The molecule has 0 bridgehead atoms. The van der Waals surface area contributed by atoms with E-state index >= 15 is 0 Å². The van der Waals surface area contributed by atoms with Crippen molar-refractivity contribution in [2.45, 2.75) is 25.0 Å². The molecule has 1 heterocycles. The number of carbonyl (C=O) groups is 1. The largest absolute Gasteiger partial charge is 0.394 e. The second-order valence-electron chi connectivity index (χ2n) is 2.52. The van der Waals surface area contributed by atoms with Gasteiger partial charge in [-0.05, 0) is 12.8 Å². The van der Waals surface area contributed by atoms with Gasteiger partial charge in [0.25, 0.3) is 5.91 Å².